The zero-order chi connectivity index (χ0) is 37.2. The Hall–Kier alpha value is -3.02. The van der Waals surface area contributed by atoms with E-state index in [1.165, 1.54) is 4.90 Å². The number of aliphatic hydroxyl groups excluding tert-OH is 1. The number of carbonyl (C=O) groups is 4. The molecular formula is C39H56BrN3O7. The number of carbonyl (C=O) groups excluding carboxylic acids is 4. The molecule has 3 saturated heterocycles. The zero-order valence-electron chi connectivity index (χ0n) is 30.8. The van der Waals surface area contributed by atoms with Crippen molar-refractivity contribution in [3.05, 3.63) is 61.2 Å². The molecule has 11 heteroatoms. The highest BCUT2D eigenvalue weighted by atomic mass is 79.9. The SMILES string of the molecule is C=CCCC(=O)N(C)[C@H](C)[C@H](OC(=O)[C@@H]1[C@H]2O[C@@]3(CC2Br)[C@H](C(=O)N(CC=C)C(C)(C)CC(C)(C)C)N(CCCO)C(=O)[C@@H]13)c1ccccc1. The van der Waals surface area contributed by atoms with Crippen LogP contribution in [0, 0.1) is 17.3 Å². The number of nitrogens with zero attached hydrogens (tertiary/aromatic N) is 3. The van der Waals surface area contributed by atoms with Crippen molar-refractivity contribution in [2.45, 2.75) is 114 Å². The van der Waals surface area contributed by atoms with Crippen molar-refractivity contribution in [1.29, 1.82) is 0 Å². The van der Waals surface area contributed by atoms with Crippen LogP contribution < -0.4 is 0 Å². The van der Waals surface area contributed by atoms with Crippen LogP contribution in [0.3, 0.4) is 0 Å². The highest BCUT2D eigenvalue weighted by Crippen LogP contribution is 2.61. The summed E-state index contributed by atoms with van der Waals surface area (Å²) in [7, 11) is 1.69. The van der Waals surface area contributed by atoms with E-state index in [-0.39, 0.29) is 60.5 Å². The molecule has 8 atom stereocenters. The van der Waals surface area contributed by atoms with Crippen LogP contribution in [-0.4, -0.2) is 104 Å². The molecule has 3 aliphatic rings. The van der Waals surface area contributed by atoms with E-state index in [0.717, 1.165) is 0 Å². The lowest BCUT2D eigenvalue weighted by molar-refractivity contribution is -0.164. The van der Waals surface area contributed by atoms with Gasteiger partial charge in [0, 0.05) is 43.5 Å². The van der Waals surface area contributed by atoms with E-state index < -0.39 is 53.2 Å². The fraction of sp³-hybridized carbons (Fsp3) is 0.641. The number of benzene rings is 1. The number of hydrogen-bond donors (Lipinski definition) is 1. The summed E-state index contributed by atoms with van der Waals surface area (Å²) in [4.78, 5) is 61.6. The molecule has 0 radical (unpaired) electrons. The van der Waals surface area contributed by atoms with Gasteiger partial charge in [-0.05, 0) is 57.4 Å². The summed E-state index contributed by atoms with van der Waals surface area (Å²) >= 11 is 3.75. The summed E-state index contributed by atoms with van der Waals surface area (Å²) in [5.41, 5.74) is -1.27. The number of esters is 1. The third-order valence-corrected chi connectivity index (χ3v) is 11.3. The average Bonchev–Trinajstić information content (AvgIpc) is 3.65. The second kappa shape index (κ2) is 15.7. The Morgan fingerprint density at radius 2 is 1.82 bits per heavy atom. The molecule has 3 aliphatic heterocycles. The molecule has 4 rings (SSSR count). The van der Waals surface area contributed by atoms with Gasteiger partial charge in [0.25, 0.3) is 0 Å². The molecule has 10 nitrogen and oxygen atoms in total. The summed E-state index contributed by atoms with van der Waals surface area (Å²) in [6, 6.07) is 7.72. The highest BCUT2D eigenvalue weighted by Gasteiger charge is 2.77. The Kier molecular flexibility index (Phi) is 12.5. The summed E-state index contributed by atoms with van der Waals surface area (Å²) in [6.45, 7) is 20.1. The quantitative estimate of drug-likeness (QED) is 0.136. The minimum absolute atomic E-state index is 0.0963. The number of alkyl halides is 1. The summed E-state index contributed by atoms with van der Waals surface area (Å²) in [6.07, 6.45) is 3.95. The number of halogens is 1. The van der Waals surface area contributed by atoms with Crippen LogP contribution >= 0.6 is 15.9 Å². The molecule has 0 aromatic heterocycles. The van der Waals surface area contributed by atoms with Gasteiger partial charge in [0.15, 0.2) is 0 Å². The van der Waals surface area contributed by atoms with E-state index in [4.69, 9.17) is 9.47 Å². The van der Waals surface area contributed by atoms with Gasteiger partial charge >= 0.3 is 5.97 Å². The molecule has 1 unspecified atom stereocenters. The molecule has 3 heterocycles. The molecule has 3 fully saturated rings. The molecule has 2 bridgehead atoms. The van der Waals surface area contributed by atoms with Crippen molar-refractivity contribution in [3.63, 3.8) is 0 Å². The normalized spacial score (nSPS) is 27.0. The largest absolute Gasteiger partial charge is 0.455 e. The second-order valence-electron chi connectivity index (χ2n) is 15.9. The lowest BCUT2D eigenvalue weighted by atomic mass is 9.70. The average molecular weight is 759 g/mol. The third-order valence-electron chi connectivity index (χ3n) is 10.5. The molecule has 1 aromatic carbocycles. The van der Waals surface area contributed by atoms with Crippen LogP contribution in [-0.2, 0) is 28.7 Å². The molecule has 3 amide bonds. The van der Waals surface area contributed by atoms with Crippen LogP contribution in [0.25, 0.3) is 0 Å². The van der Waals surface area contributed by atoms with Gasteiger partial charge < -0.3 is 29.3 Å². The van der Waals surface area contributed by atoms with Crippen molar-refractivity contribution in [2.75, 3.05) is 26.7 Å². The number of allylic oxidation sites excluding steroid dienone is 1. The van der Waals surface area contributed by atoms with Gasteiger partial charge in [-0.1, -0.05) is 79.2 Å². The smallest absolute Gasteiger partial charge is 0.313 e. The van der Waals surface area contributed by atoms with Crippen molar-refractivity contribution in [1.82, 2.24) is 14.7 Å². The lowest BCUT2D eigenvalue weighted by Crippen LogP contribution is -2.61. The van der Waals surface area contributed by atoms with Gasteiger partial charge in [0.1, 0.15) is 17.7 Å². The van der Waals surface area contributed by atoms with Gasteiger partial charge in [0.2, 0.25) is 17.7 Å². The number of ether oxygens (including phenoxy) is 2. The molecule has 50 heavy (non-hydrogen) atoms. The first-order valence-electron chi connectivity index (χ1n) is 17.7. The van der Waals surface area contributed by atoms with Gasteiger partial charge in [-0.15, -0.1) is 13.2 Å². The van der Waals surface area contributed by atoms with E-state index in [9.17, 15) is 24.3 Å². The zero-order valence-corrected chi connectivity index (χ0v) is 32.4. The van der Waals surface area contributed by atoms with Crippen molar-refractivity contribution in [2.24, 2.45) is 17.3 Å². The topological polar surface area (TPSA) is 117 Å². The summed E-state index contributed by atoms with van der Waals surface area (Å²) in [5, 5.41) is 9.80. The van der Waals surface area contributed by atoms with Gasteiger partial charge in [-0.3, -0.25) is 19.2 Å². The van der Waals surface area contributed by atoms with Crippen molar-refractivity contribution >= 4 is 39.6 Å². The molecule has 276 valence electrons. The summed E-state index contributed by atoms with van der Waals surface area (Å²) < 4.78 is 13.1. The number of hydrogen-bond acceptors (Lipinski definition) is 7. The second-order valence-corrected chi connectivity index (χ2v) is 17.1. The predicted octanol–water partition coefficient (Wildman–Crippen LogP) is 5.44. The maximum absolute atomic E-state index is 14.9. The number of likely N-dealkylation sites (tertiary alicyclic amines) is 1. The standard InChI is InChI=1S/C39H56BrN3O7/c1-10-12-19-28(45)41(9)25(3)31(26-17-14-13-15-18-26)49-36(48)29-30-34(46)42(21-16-22-44)33(39(30)23-27(40)32(29)50-39)35(47)43(20-11-2)38(7,8)24-37(4,5)6/h10-11,13-15,17-18,25,27,29-33,44H,1-2,12,16,19-24H2,3-9H3/t25-,27?,29+,30-,31+,32+,33+,39-/m1/s1. The Morgan fingerprint density at radius 1 is 1.16 bits per heavy atom. The molecule has 0 saturated carbocycles. The van der Waals surface area contributed by atoms with E-state index in [0.29, 0.717) is 24.8 Å². The van der Waals surface area contributed by atoms with E-state index in [1.807, 2.05) is 51.1 Å². The maximum Gasteiger partial charge on any atom is 0.313 e. The Balaban J connectivity index is 1.74. The van der Waals surface area contributed by atoms with Crippen LogP contribution in [0.5, 0.6) is 0 Å². The van der Waals surface area contributed by atoms with E-state index in [1.54, 1.807) is 29.0 Å². The van der Waals surface area contributed by atoms with Gasteiger partial charge in [-0.2, -0.15) is 0 Å². The third kappa shape index (κ3) is 7.75. The van der Waals surface area contributed by atoms with Crippen LogP contribution in [0.15, 0.2) is 55.6 Å². The van der Waals surface area contributed by atoms with Crippen LogP contribution in [0.4, 0.5) is 0 Å². The molecule has 1 N–H and O–H groups in total. The van der Waals surface area contributed by atoms with Crippen molar-refractivity contribution in [3.8, 4) is 0 Å². The summed E-state index contributed by atoms with van der Waals surface area (Å²) in [5.74, 6) is -3.30. The molecule has 1 spiro atoms. The number of aliphatic hydroxyl groups is 1. The van der Waals surface area contributed by atoms with Gasteiger partial charge in [0.05, 0.1) is 24.0 Å². The van der Waals surface area contributed by atoms with Crippen LogP contribution in [0.2, 0.25) is 0 Å². The Bertz CT molecular complexity index is 1430. The number of rotatable bonds is 16. The van der Waals surface area contributed by atoms with E-state index >= 15 is 0 Å². The molecule has 1 aromatic rings. The Labute approximate surface area is 306 Å². The minimum atomic E-state index is -1.28. The number of fused-ring (bicyclic) bond motifs is 1. The number of amides is 3. The highest BCUT2D eigenvalue weighted by molar-refractivity contribution is 9.09. The first-order valence-corrected chi connectivity index (χ1v) is 18.6. The fourth-order valence-electron chi connectivity index (χ4n) is 8.59. The predicted molar refractivity (Wildman–Crippen MR) is 196 cm³/mol. The van der Waals surface area contributed by atoms with E-state index in [2.05, 4.69) is 49.9 Å². The first kappa shape index (κ1) is 39.8. The lowest BCUT2D eigenvalue weighted by Gasteiger charge is -2.45. The first-order chi connectivity index (χ1) is 23.5. The van der Waals surface area contributed by atoms with Crippen LogP contribution in [0.1, 0.15) is 85.3 Å². The molecular weight excluding hydrogens is 702 g/mol. The minimum Gasteiger partial charge on any atom is -0.455 e. The van der Waals surface area contributed by atoms with Gasteiger partial charge in [-0.25, -0.2) is 0 Å². The monoisotopic (exact) mass is 757 g/mol. The van der Waals surface area contributed by atoms with Crippen molar-refractivity contribution < 1.29 is 33.8 Å². The Morgan fingerprint density at radius 3 is 2.40 bits per heavy atom. The molecule has 0 aliphatic carbocycles. The number of likely N-dealkylation sites (N-methyl/N-ethyl adjacent to an activating group) is 1. The fourth-order valence-corrected chi connectivity index (χ4v) is 9.53. The maximum atomic E-state index is 14.9.